The summed E-state index contributed by atoms with van der Waals surface area (Å²) in [6.45, 7) is 6.62. The second-order valence-corrected chi connectivity index (χ2v) is 5.70. The predicted molar refractivity (Wildman–Crippen MR) is 74.5 cm³/mol. The van der Waals surface area contributed by atoms with Gasteiger partial charge in [0.15, 0.2) is 0 Å². The first-order valence-electron chi connectivity index (χ1n) is 6.03. The van der Waals surface area contributed by atoms with Gasteiger partial charge in [-0.25, -0.2) is 0 Å². The number of hydrogen-bond donors (Lipinski definition) is 1. The third-order valence-electron chi connectivity index (χ3n) is 2.92. The minimum atomic E-state index is 0.160. The average Bonchev–Trinajstić information content (AvgIpc) is 2.21. The Morgan fingerprint density at radius 2 is 1.94 bits per heavy atom. The molecule has 0 fully saturated rings. The molecule has 0 aromatic heterocycles. The largest absolute Gasteiger partial charge is 0.324 e. The van der Waals surface area contributed by atoms with E-state index in [4.69, 9.17) is 5.73 Å². The van der Waals surface area contributed by atoms with Crippen molar-refractivity contribution in [3.05, 3.63) is 33.8 Å². The third kappa shape index (κ3) is 3.91. The van der Waals surface area contributed by atoms with Crippen LogP contribution in [0.25, 0.3) is 0 Å². The van der Waals surface area contributed by atoms with Gasteiger partial charge in [0.1, 0.15) is 0 Å². The fraction of sp³-hybridized carbons (Fsp3) is 0.571. The van der Waals surface area contributed by atoms with Crippen LogP contribution >= 0.6 is 15.9 Å². The molecule has 1 aromatic rings. The maximum atomic E-state index is 6.22. The highest BCUT2D eigenvalue weighted by Gasteiger charge is 2.10. The summed E-state index contributed by atoms with van der Waals surface area (Å²) in [7, 11) is 0. The lowest BCUT2D eigenvalue weighted by molar-refractivity contribution is 0.505. The Morgan fingerprint density at radius 1 is 1.25 bits per heavy atom. The molecule has 0 amide bonds. The zero-order chi connectivity index (χ0) is 12.1. The van der Waals surface area contributed by atoms with E-state index in [0.29, 0.717) is 0 Å². The minimum absolute atomic E-state index is 0.160. The van der Waals surface area contributed by atoms with Gasteiger partial charge in [0, 0.05) is 10.5 Å². The number of nitrogens with two attached hydrogens (primary N) is 1. The van der Waals surface area contributed by atoms with E-state index >= 15 is 0 Å². The molecule has 1 nitrogen and oxygen atoms in total. The first-order valence-corrected chi connectivity index (χ1v) is 6.82. The van der Waals surface area contributed by atoms with Crippen LogP contribution in [-0.2, 0) is 0 Å². The highest BCUT2D eigenvalue weighted by atomic mass is 79.9. The van der Waals surface area contributed by atoms with Gasteiger partial charge in [-0.15, -0.1) is 0 Å². The molecule has 0 radical (unpaired) electrons. The van der Waals surface area contributed by atoms with Crippen molar-refractivity contribution in [3.8, 4) is 0 Å². The molecule has 1 rings (SSSR count). The van der Waals surface area contributed by atoms with Crippen molar-refractivity contribution in [2.24, 2.45) is 11.7 Å². The summed E-state index contributed by atoms with van der Waals surface area (Å²) in [6.07, 6.45) is 3.54. The zero-order valence-corrected chi connectivity index (χ0v) is 12.0. The Hall–Kier alpha value is -0.340. The zero-order valence-electron chi connectivity index (χ0n) is 10.5. The number of benzene rings is 1. The van der Waals surface area contributed by atoms with Crippen LogP contribution in [0.3, 0.4) is 0 Å². The number of halogens is 1. The molecule has 0 bridgehead atoms. The molecule has 0 heterocycles. The van der Waals surface area contributed by atoms with E-state index in [9.17, 15) is 0 Å². The van der Waals surface area contributed by atoms with Gasteiger partial charge in [0.2, 0.25) is 0 Å². The van der Waals surface area contributed by atoms with E-state index in [1.165, 1.54) is 28.4 Å². The topological polar surface area (TPSA) is 26.0 Å². The highest BCUT2D eigenvalue weighted by Crippen LogP contribution is 2.28. The van der Waals surface area contributed by atoms with Gasteiger partial charge in [-0.05, 0) is 30.4 Å². The second-order valence-electron chi connectivity index (χ2n) is 4.91. The van der Waals surface area contributed by atoms with Gasteiger partial charge in [-0.1, -0.05) is 60.8 Å². The molecule has 0 spiro atoms. The molecule has 16 heavy (non-hydrogen) atoms. The standard InChI is InChI=1S/C14H22BrN/c1-10(2)6-4-9-13(16)12-8-5-7-11(3)14(12)15/h5,7-8,10,13H,4,6,9,16H2,1-3H3. The highest BCUT2D eigenvalue weighted by molar-refractivity contribution is 9.10. The van der Waals surface area contributed by atoms with E-state index in [2.05, 4.69) is 54.9 Å². The van der Waals surface area contributed by atoms with E-state index in [1.54, 1.807) is 0 Å². The summed E-state index contributed by atoms with van der Waals surface area (Å²) in [4.78, 5) is 0. The Labute approximate surface area is 108 Å². The Balaban J connectivity index is 2.59. The summed E-state index contributed by atoms with van der Waals surface area (Å²) in [5.41, 5.74) is 8.72. The smallest absolute Gasteiger partial charge is 0.0306 e. The SMILES string of the molecule is Cc1cccc(C(N)CCCC(C)C)c1Br. The summed E-state index contributed by atoms with van der Waals surface area (Å²) in [5.74, 6) is 0.771. The maximum absolute atomic E-state index is 6.22. The van der Waals surface area contributed by atoms with Crippen LogP contribution in [0.15, 0.2) is 22.7 Å². The van der Waals surface area contributed by atoms with E-state index in [1.807, 2.05) is 0 Å². The van der Waals surface area contributed by atoms with Crippen molar-refractivity contribution in [2.75, 3.05) is 0 Å². The summed E-state index contributed by atoms with van der Waals surface area (Å²) >= 11 is 3.62. The van der Waals surface area contributed by atoms with Gasteiger partial charge in [-0.2, -0.15) is 0 Å². The summed E-state index contributed by atoms with van der Waals surface area (Å²) < 4.78 is 1.17. The molecular weight excluding hydrogens is 262 g/mol. The monoisotopic (exact) mass is 283 g/mol. The van der Waals surface area contributed by atoms with Crippen LogP contribution in [-0.4, -0.2) is 0 Å². The van der Waals surface area contributed by atoms with Crippen molar-refractivity contribution in [1.29, 1.82) is 0 Å². The molecule has 0 saturated heterocycles. The predicted octanol–water partition coefficient (Wildman–Crippen LogP) is 4.58. The molecule has 90 valence electrons. The Kier molecular flexibility index (Phi) is 5.50. The van der Waals surface area contributed by atoms with Crippen molar-refractivity contribution < 1.29 is 0 Å². The van der Waals surface area contributed by atoms with Crippen molar-refractivity contribution >= 4 is 15.9 Å². The number of hydrogen-bond acceptors (Lipinski definition) is 1. The lowest BCUT2D eigenvalue weighted by Gasteiger charge is -2.15. The fourth-order valence-corrected chi connectivity index (χ4v) is 2.42. The molecule has 0 aliphatic heterocycles. The van der Waals surface area contributed by atoms with E-state index < -0.39 is 0 Å². The number of rotatable bonds is 5. The molecule has 0 saturated carbocycles. The quantitative estimate of drug-likeness (QED) is 0.841. The van der Waals surface area contributed by atoms with Crippen molar-refractivity contribution in [3.63, 3.8) is 0 Å². The molecule has 1 aromatic carbocycles. The lowest BCUT2D eigenvalue weighted by Crippen LogP contribution is -2.11. The minimum Gasteiger partial charge on any atom is -0.324 e. The van der Waals surface area contributed by atoms with Crippen LogP contribution in [0.2, 0.25) is 0 Å². The van der Waals surface area contributed by atoms with Crippen molar-refractivity contribution in [1.82, 2.24) is 0 Å². The van der Waals surface area contributed by atoms with Gasteiger partial charge < -0.3 is 5.73 Å². The summed E-state index contributed by atoms with van der Waals surface area (Å²) in [6, 6.07) is 6.47. The summed E-state index contributed by atoms with van der Waals surface area (Å²) in [5, 5.41) is 0. The van der Waals surface area contributed by atoms with Crippen LogP contribution < -0.4 is 5.73 Å². The van der Waals surface area contributed by atoms with E-state index in [-0.39, 0.29) is 6.04 Å². The van der Waals surface area contributed by atoms with E-state index in [0.717, 1.165) is 12.3 Å². The maximum Gasteiger partial charge on any atom is 0.0306 e. The van der Waals surface area contributed by atoms with Crippen LogP contribution in [0, 0.1) is 12.8 Å². The fourth-order valence-electron chi connectivity index (χ4n) is 1.86. The molecule has 2 N–H and O–H groups in total. The second kappa shape index (κ2) is 6.41. The normalized spacial score (nSPS) is 13.1. The Morgan fingerprint density at radius 3 is 2.56 bits per heavy atom. The average molecular weight is 284 g/mol. The lowest BCUT2D eigenvalue weighted by atomic mass is 9.98. The first kappa shape index (κ1) is 13.7. The molecule has 0 aliphatic carbocycles. The molecule has 0 aliphatic rings. The van der Waals surface area contributed by atoms with Gasteiger partial charge >= 0.3 is 0 Å². The number of aryl methyl sites for hydroxylation is 1. The molecule has 2 heteroatoms. The van der Waals surface area contributed by atoms with Crippen LogP contribution in [0.1, 0.15) is 50.3 Å². The Bertz CT molecular complexity index is 334. The first-order chi connectivity index (χ1) is 7.52. The molecule has 1 unspecified atom stereocenters. The van der Waals surface area contributed by atoms with Gasteiger partial charge in [0.25, 0.3) is 0 Å². The van der Waals surface area contributed by atoms with Crippen LogP contribution in [0.5, 0.6) is 0 Å². The van der Waals surface area contributed by atoms with Crippen molar-refractivity contribution in [2.45, 2.75) is 46.1 Å². The third-order valence-corrected chi connectivity index (χ3v) is 4.00. The van der Waals surface area contributed by atoms with Gasteiger partial charge in [-0.3, -0.25) is 0 Å². The van der Waals surface area contributed by atoms with Crippen LogP contribution in [0.4, 0.5) is 0 Å². The molecular formula is C14H22BrN. The van der Waals surface area contributed by atoms with Gasteiger partial charge in [0.05, 0.1) is 0 Å². The molecule has 1 atom stereocenters.